The first-order valence-electron chi connectivity index (χ1n) is 10.5. The molecule has 1 aliphatic rings. The van der Waals surface area contributed by atoms with Crippen molar-refractivity contribution in [2.24, 2.45) is 5.14 Å². The van der Waals surface area contributed by atoms with E-state index in [-0.39, 0.29) is 17.4 Å². The van der Waals surface area contributed by atoms with E-state index >= 15 is 0 Å². The number of rotatable bonds is 6. The second-order valence-electron chi connectivity index (χ2n) is 8.06. The topological polar surface area (TPSA) is 112 Å². The predicted octanol–water partition coefficient (Wildman–Crippen LogP) is 2.55. The van der Waals surface area contributed by atoms with Crippen LogP contribution in [-0.2, 0) is 32.5 Å². The van der Waals surface area contributed by atoms with E-state index in [1.54, 1.807) is 30.0 Å². The van der Waals surface area contributed by atoms with Gasteiger partial charge in [-0.1, -0.05) is 30.3 Å². The van der Waals surface area contributed by atoms with Crippen LogP contribution in [0.15, 0.2) is 59.5 Å². The number of nitrogens with zero attached hydrogens (tertiary/aromatic N) is 2. The summed E-state index contributed by atoms with van der Waals surface area (Å²) < 4.78 is 30.2. The fourth-order valence-electron chi connectivity index (χ4n) is 4.10. The lowest BCUT2D eigenvalue weighted by Crippen LogP contribution is -2.33. The number of esters is 1. The maximum Gasteiger partial charge on any atom is 0.340 e. The molecule has 0 saturated carbocycles. The van der Waals surface area contributed by atoms with Crippen molar-refractivity contribution in [1.29, 1.82) is 0 Å². The number of aryl methyl sites for hydroxylation is 1. The number of primary sulfonamides is 1. The molecule has 2 N–H and O–H groups in total. The van der Waals surface area contributed by atoms with E-state index in [0.29, 0.717) is 24.3 Å². The highest BCUT2D eigenvalue weighted by atomic mass is 32.2. The number of aromatic nitrogens is 1. The number of sulfonamides is 1. The second-order valence-corrected chi connectivity index (χ2v) is 9.62. The normalized spacial score (nSPS) is 13.1. The van der Waals surface area contributed by atoms with Crippen LogP contribution in [0.4, 0.5) is 5.69 Å². The van der Waals surface area contributed by atoms with Gasteiger partial charge in [-0.25, -0.2) is 18.4 Å². The van der Waals surface area contributed by atoms with Gasteiger partial charge in [-0.2, -0.15) is 0 Å². The number of para-hydroxylation sites is 1. The van der Waals surface area contributed by atoms with Crippen molar-refractivity contribution < 1.29 is 22.7 Å². The van der Waals surface area contributed by atoms with Gasteiger partial charge < -0.3 is 14.2 Å². The van der Waals surface area contributed by atoms with E-state index in [4.69, 9.17) is 9.88 Å². The summed E-state index contributed by atoms with van der Waals surface area (Å²) in [5.41, 5.74) is 4.76. The van der Waals surface area contributed by atoms with E-state index in [2.05, 4.69) is 0 Å². The molecule has 2 heterocycles. The Morgan fingerprint density at radius 3 is 2.45 bits per heavy atom. The molecule has 4 rings (SSSR count). The second kappa shape index (κ2) is 8.84. The Kier molecular flexibility index (Phi) is 6.09. The largest absolute Gasteiger partial charge is 0.452 e. The average Bonchev–Trinajstić information content (AvgIpc) is 3.33. The van der Waals surface area contributed by atoms with Gasteiger partial charge in [0.2, 0.25) is 10.0 Å². The number of hydrogen-bond donors (Lipinski definition) is 1. The number of benzene rings is 2. The third kappa shape index (κ3) is 4.69. The van der Waals surface area contributed by atoms with Crippen molar-refractivity contribution in [2.45, 2.75) is 31.7 Å². The Bertz CT molecular complexity index is 1330. The zero-order valence-electron chi connectivity index (χ0n) is 18.4. The predicted molar refractivity (Wildman–Crippen MR) is 124 cm³/mol. The van der Waals surface area contributed by atoms with Crippen molar-refractivity contribution in [1.82, 2.24) is 4.57 Å². The zero-order chi connectivity index (χ0) is 23.8. The number of carbonyl (C=O) groups excluding carboxylic acids is 2. The summed E-state index contributed by atoms with van der Waals surface area (Å²) >= 11 is 0. The van der Waals surface area contributed by atoms with E-state index in [0.717, 1.165) is 28.9 Å². The summed E-state index contributed by atoms with van der Waals surface area (Å²) in [5, 5.41) is 5.15. The third-order valence-corrected chi connectivity index (χ3v) is 6.83. The summed E-state index contributed by atoms with van der Waals surface area (Å²) in [6, 6.07) is 15.7. The number of amides is 1. The molecule has 1 aromatic heterocycles. The summed E-state index contributed by atoms with van der Waals surface area (Å²) in [7, 11) is -3.75. The number of hydrogen-bond acceptors (Lipinski definition) is 5. The van der Waals surface area contributed by atoms with Crippen LogP contribution < -0.4 is 10.0 Å². The lowest BCUT2D eigenvalue weighted by molar-refractivity contribution is -0.121. The Balaban J connectivity index is 1.43. The van der Waals surface area contributed by atoms with Crippen molar-refractivity contribution in [3.63, 3.8) is 0 Å². The summed E-state index contributed by atoms with van der Waals surface area (Å²) in [5.74, 6) is -0.809. The van der Waals surface area contributed by atoms with Gasteiger partial charge in [0.25, 0.3) is 5.91 Å². The molecule has 0 bridgehead atoms. The van der Waals surface area contributed by atoms with Crippen LogP contribution in [-0.4, -0.2) is 38.0 Å². The summed E-state index contributed by atoms with van der Waals surface area (Å²) in [4.78, 5) is 27.0. The summed E-state index contributed by atoms with van der Waals surface area (Å²) in [6.45, 7) is 4.37. The first-order valence-corrected chi connectivity index (χ1v) is 12.0. The SMILES string of the molecule is Cc1cc(C(=O)OCC(=O)N2CCc3ccccc32)c(C)n1Cc1ccc(S(N)(=O)=O)cc1. The molecule has 172 valence electrons. The van der Waals surface area contributed by atoms with Crippen LogP contribution in [0.2, 0.25) is 0 Å². The first-order chi connectivity index (χ1) is 15.6. The lowest BCUT2D eigenvalue weighted by atomic mass is 10.2. The smallest absolute Gasteiger partial charge is 0.340 e. The van der Waals surface area contributed by atoms with E-state index in [9.17, 15) is 18.0 Å². The number of nitrogens with two attached hydrogens (primary N) is 1. The minimum absolute atomic E-state index is 0.0433. The summed E-state index contributed by atoms with van der Waals surface area (Å²) in [6.07, 6.45) is 0.787. The molecule has 0 atom stereocenters. The van der Waals surface area contributed by atoms with Gasteiger partial charge in [-0.15, -0.1) is 0 Å². The van der Waals surface area contributed by atoms with Crippen molar-refractivity contribution in [2.75, 3.05) is 18.1 Å². The highest BCUT2D eigenvalue weighted by Gasteiger charge is 2.26. The quantitative estimate of drug-likeness (QED) is 0.560. The van der Waals surface area contributed by atoms with E-state index in [1.165, 1.54) is 12.1 Å². The maximum absolute atomic E-state index is 12.7. The van der Waals surface area contributed by atoms with Gasteiger partial charge in [0.1, 0.15) is 0 Å². The lowest BCUT2D eigenvalue weighted by Gasteiger charge is -2.17. The Hall–Kier alpha value is -3.43. The van der Waals surface area contributed by atoms with Crippen LogP contribution in [0, 0.1) is 13.8 Å². The van der Waals surface area contributed by atoms with Crippen LogP contribution in [0.3, 0.4) is 0 Å². The Morgan fingerprint density at radius 2 is 1.76 bits per heavy atom. The van der Waals surface area contributed by atoms with Crippen molar-refractivity contribution in [3.8, 4) is 0 Å². The highest BCUT2D eigenvalue weighted by molar-refractivity contribution is 7.89. The Morgan fingerprint density at radius 1 is 1.06 bits per heavy atom. The van der Waals surface area contributed by atoms with Gasteiger partial charge in [0, 0.05) is 30.2 Å². The van der Waals surface area contributed by atoms with Gasteiger partial charge in [0.05, 0.1) is 10.5 Å². The van der Waals surface area contributed by atoms with E-state index < -0.39 is 16.0 Å². The molecule has 3 aromatic rings. The molecule has 33 heavy (non-hydrogen) atoms. The molecule has 0 saturated heterocycles. The highest BCUT2D eigenvalue weighted by Crippen LogP contribution is 2.27. The molecule has 0 aliphatic carbocycles. The van der Waals surface area contributed by atoms with Crippen LogP contribution in [0.5, 0.6) is 0 Å². The van der Waals surface area contributed by atoms with Gasteiger partial charge in [-0.3, -0.25) is 4.79 Å². The molecule has 1 aliphatic heterocycles. The number of carbonyl (C=O) groups is 2. The van der Waals surface area contributed by atoms with Gasteiger partial charge in [0.15, 0.2) is 6.61 Å². The molecule has 0 radical (unpaired) electrons. The van der Waals surface area contributed by atoms with Crippen molar-refractivity contribution >= 4 is 27.6 Å². The average molecular weight is 468 g/mol. The first kappa shape index (κ1) is 22.8. The van der Waals surface area contributed by atoms with Gasteiger partial charge in [-0.05, 0) is 55.7 Å². The van der Waals surface area contributed by atoms with Crippen LogP contribution in [0.1, 0.15) is 32.9 Å². The number of ether oxygens (including phenoxy) is 1. The molecule has 8 nitrogen and oxygen atoms in total. The fraction of sp³-hybridized carbons (Fsp3) is 0.250. The van der Waals surface area contributed by atoms with Crippen molar-refractivity contribution in [3.05, 3.63) is 82.7 Å². The Labute approximate surface area is 192 Å². The minimum Gasteiger partial charge on any atom is -0.452 e. The monoisotopic (exact) mass is 467 g/mol. The molecule has 0 fully saturated rings. The van der Waals surface area contributed by atoms with Crippen LogP contribution >= 0.6 is 0 Å². The molecule has 0 spiro atoms. The fourth-order valence-corrected chi connectivity index (χ4v) is 4.61. The van der Waals surface area contributed by atoms with Crippen LogP contribution in [0.25, 0.3) is 0 Å². The molecular weight excluding hydrogens is 442 g/mol. The standard InChI is InChI=1S/C24H25N3O5S/c1-16-13-21(17(2)27(16)14-18-7-9-20(10-8-18)33(25,30)31)24(29)32-15-23(28)26-12-11-19-5-3-4-6-22(19)26/h3-10,13H,11-12,14-15H2,1-2H3,(H2,25,30,31). The third-order valence-electron chi connectivity index (χ3n) is 5.90. The van der Waals surface area contributed by atoms with E-state index in [1.807, 2.05) is 35.8 Å². The number of anilines is 1. The zero-order valence-corrected chi connectivity index (χ0v) is 19.3. The molecular formula is C24H25N3O5S. The maximum atomic E-state index is 12.7. The minimum atomic E-state index is -3.75. The molecule has 9 heteroatoms. The molecule has 2 aromatic carbocycles. The number of fused-ring (bicyclic) bond motifs is 1. The molecule has 1 amide bonds. The van der Waals surface area contributed by atoms with Gasteiger partial charge >= 0.3 is 5.97 Å². The molecule has 0 unspecified atom stereocenters.